The van der Waals surface area contributed by atoms with Crippen molar-refractivity contribution in [3.05, 3.63) is 30.2 Å². The zero-order chi connectivity index (χ0) is 9.54. The van der Waals surface area contributed by atoms with Crippen LogP contribution in [-0.2, 0) is 0 Å². The summed E-state index contributed by atoms with van der Waals surface area (Å²) >= 11 is 0. The van der Waals surface area contributed by atoms with Gasteiger partial charge in [0.05, 0.1) is 5.69 Å². The highest BCUT2D eigenvalue weighted by atomic mass is 15.1. The summed E-state index contributed by atoms with van der Waals surface area (Å²) in [5.74, 6) is 0. The molecule has 1 aliphatic rings. The first kappa shape index (κ1) is 7.85. The molecule has 0 saturated heterocycles. The van der Waals surface area contributed by atoms with Gasteiger partial charge in [0.1, 0.15) is 0 Å². The minimum absolute atomic E-state index is 0.679. The van der Waals surface area contributed by atoms with E-state index in [1.165, 1.54) is 18.5 Å². The topological polar surface area (TPSA) is 29.3 Å². The van der Waals surface area contributed by atoms with Crippen LogP contribution in [0.4, 0.5) is 5.69 Å². The Hall–Kier alpha value is -1.51. The summed E-state index contributed by atoms with van der Waals surface area (Å²) in [5, 5.41) is 3.49. The van der Waals surface area contributed by atoms with Crippen molar-refractivity contribution in [2.75, 3.05) is 5.32 Å². The molecule has 0 amide bonds. The maximum Gasteiger partial charge on any atom is 0.160 e. The number of nitrogens with zero attached hydrogens (tertiary/aromatic N) is 2. The summed E-state index contributed by atoms with van der Waals surface area (Å²) in [7, 11) is 0. The van der Waals surface area contributed by atoms with E-state index in [2.05, 4.69) is 40.0 Å². The highest BCUT2D eigenvalue weighted by molar-refractivity contribution is 5.68. The van der Waals surface area contributed by atoms with Gasteiger partial charge in [-0.3, -0.25) is 0 Å². The molecule has 0 unspecified atom stereocenters. The van der Waals surface area contributed by atoms with Crippen LogP contribution >= 0.6 is 0 Å². The molecule has 0 atom stereocenters. The van der Waals surface area contributed by atoms with Crippen LogP contribution in [-0.4, -0.2) is 15.4 Å². The van der Waals surface area contributed by atoms with Crippen LogP contribution in [0, 0.1) is 6.92 Å². The second-order valence-electron chi connectivity index (χ2n) is 3.93. The predicted octanol–water partition coefficient (Wildman–Crippen LogP) is 2.22. The SMILES string of the molecule is Cc1cnc2c(NC3CC3)cccn12. The van der Waals surface area contributed by atoms with Crippen LogP contribution in [0.5, 0.6) is 0 Å². The molecule has 3 heteroatoms. The third-order valence-corrected chi connectivity index (χ3v) is 2.66. The number of fused-ring (bicyclic) bond motifs is 1. The van der Waals surface area contributed by atoms with Crippen molar-refractivity contribution >= 4 is 11.3 Å². The molecule has 2 aromatic rings. The number of hydrogen-bond donors (Lipinski definition) is 1. The zero-order valence-electron chi connectivity index (χ0n) is 8.20. The third kappa shape index (κ3) is 1.16. The third-order valence-electron chi connectivity index (χ3n) is 2.66. The summed E-state index contributed by atoms with van der Waals surface area (Å²) in [5.41, 5.74) is 3.37. The van der Waals surface area contributed by atoms with Crippen LogP contribution in [0.3, 0.4) is 0 Å². The smallest absolute Gasteiger partial charge is 0.160 e. The Morgan fingerprint density at radius 3 is 3.14 bits per heavy atom. The largest absolute Gasteiger partial charge is 0.379 e. The summed E-state index contributed by atoms with van der Waals surface area (Å²) < 4.78 is 2.12. The Morgan fingerprint density at radius 2 is 2.36 bits per heavy atom. The van der Waals surface area contributed by atoms with Gasteiger partial charge in [0.15, 0.2) is 5.65 Å². The molecule has 0 aliphatic heterocycles. The first-order chi connectivity index (χ1) is 6.84. The second-order valence-corrected chi connectivity index (χ2v) is 3.93. The van der Waals surface area contributed by atoms with E-state index in [0.717, 1.165) is 11.3 Å². The first-order valence-corrected chi connectivity index (χ1v) is 5.04. The molecule has 1 saturated carbocycles. The lowest BCUT2D eigenvalue weighted by molar-refractivity contribution is 1.09. The van der Waals surface area contributed by atoms with E-state index in [-0.39, 0.29) is 0 Å². The van der Waals surface area contributed by atoms with Crippen LogP contribution in [0.15, 0.2) is 24.5 Å². The van der Waals surface area contributed by atoms with Gasteiger partial charge in [-0.1, -0.05) is 0 Å². The number of aryl methyl sites for hydroxylation is 1. The Labute approximate surface area is 82.8 Å². The predicted molar refractivity (Wildman–Crippen MR) is 56.6 cm³/mol. The van der Waals surface area contributed by atoms with Crippen LogP contribution < -0.4 is 5.32 Å². The van der Waals surface area contributed by atoms with Crippen molar-refractivity contribution < 1.29 is 0 Å². The molecule has 72 valence electrons. The van der Waals surface area contributed by atoms with E-state index >= 15 is 0 Å². The van der Waals surface area contributed by atoms with Gasteiger partial charge in [-0.2, -0.15) is 0 Å². The number of anilines is 1. The first-order valence-electron chi connectivity index (χ1n) is 5.04. The van der Waals surface area contributed by atoms with Crippen LogP contribution in [0.25, 0.3) is 5.65 Å². The van der Waals surface area contributed by atoms with E-state index in [1.807, 2.05) is 6.20 Å². The van der Waals surface area contributed by atoms with Crippen molar-refractivity contribution in [1.29, 1.82) is 0 Å². The summed E-state index contributed by atoms with van der Waals surface area (Å²) in [4.78, 5) is 4.40. The van der Waals surface area contributed by atoms with Gasteiger partial charge in [-0.15, -0.1) is 0 Å². The zero-order valence-corrected chi connectivity index (χ0v) is 8.20. The lowest BCUT2D eigenvalue weighted by Crippen LogP contribution is -2.02. The lowest BCUT2D eigenvalue weighted by atomic mass is 10.4. The molecule has 1 fully saturated rings. The van der Waals surface area contributed by atoms with Crippen molar-refractivity contribution in [3.8, 4) is 0 Å². The molecular weight excluding hydrogens is 174 g/mol. The number of nitrogens with one attached hydrogen (secondary N) is 1. The fraction of sp³-hybridized carbons (Fsp3) is 0.364. The summed E-state index contributed by atoms with van der Waals surface area (Å²) in [6.45, 7) is 2.07. The summed E-state index contributed by atoms with van der Waals surface area (Å²) in [6, 6.07) is 4.84. The van der Waals surface area contributed by atoms with E-state index in [1.54, 1.807) is 0 Å². The highest BCUT2D eigenvalue weighted by Gasteiger charge is 2.21. The minimum atomic E-state index is 0.679. The van der Waals surface area contributed by atoms with E-state index in [4.69, 9.17) is 0 Å². The van der Waals surface area contributed by atoms with Crippen LogP contribution in [0.2, 0.25) is 0 Å². The molecule has 1 N–H and O–H groups in total. The van der Waals surface area contributed by atoms with E-state index in [0.29, 0.717) is 6.04 Å². The average Bonchev–Trinajstić information content (AvgIpc) is 2.92. The molecule has 0 bridgehead atoms. The molecule has 3 nitrogen and oxygen atoms in total. The molecule has 2 aromatic heterocycles. The van der Waals surface area contributed by atoms with Crippen molar-refractivity contribution in [2.24, 2.45) is 0 Å². The molecule has 2 heterocycles. The van der Waals surface area contributed by atoms with Crippen molar-refractivity contribution in [3.63, 3.8) is 0 Å². The maximum atomic E-state index is 4.40. The van der Waals surface area contributed by atoms with Gasteiger partial charge in [0.2, 0.25) is 0 Å². The van der Waals surface area contributed by atoms with Gasteiger partial charge in [0.25, 0.3) is 0 Å². The van der Waals surface area contributed by atoms with Gasteiger partial charge >= 0.3 is 0 Å². The molecular formula is C11H13N3. The molecule has 14 heavy (non-hydrogen) atoms. The van der Waals surface area contributed by atoms with Gasteiger partial charge in [-0.25, -0.2) is 4.98 Å². The Balaban J connectivity index is 2.12. The van der Waals surface area contributed by atoms with Gasteiger partial charge in [0, 0.05) is 24.1 Å². The summed E-state index contributed by atoms with van der Waals surface area (Å²) in [6.07, 6.45) is 6.55. The van der Waals surface area contributed by atoms with Gasteiger partial charge < -0.3 is 9.72 Å². The standard InChI is InChI=1S/C11H13N3/c1-8-7-12-11-10(13-9-4-5-9)3-2-6-14(8)11/h2-3,6-7,9,13H,4-5H2,1H3. The maximum absolute atomic E-state index is 4.40. The van der Waals surface area contributed by atoms with Crippen molar-refractivity contribution in [1.82, 2.24) is 9.38 Å². The monoisotopic (exact) mass is 187 g/mol. The minimum Gasteiger partial charge on any atom is -0.379 e. The molecule has 0 radical (unpaired) electrons. The highest BCUT2D eigenvalue weighted by Crippen LogP contribution is 2.26. The lowest BCUT2D eigenvalue weighted by Gasteiger charge is -2.05. The Kier molecular flexibility index (Phi) is 1.54. The molecule has 0 aromatic carbocycles. The number of aromatic nitrogens is 2. The molecule has 3 rings (SSSR count). The quantitative estimate of drug-likeness (QED) is 0.781. The van der Waals surface area contributed by atoms with Gasteiger partial charge in [-0.05, 0) is 31.9 Å². The Bertz CT molecular complexity index is 468. The second kappa shape index (κ2) is 2.74. The fourth-order valence-electron chi connectivity index (χ4n) is 1.69. The van der Waals surface area contributed by atoms with Crippen LogP contribution in [0.1, 0.15) is 18.5 Å². The van der Waals surface area contributed by atoms with Crippen molar-refractivity contribution in [2.45, 2.75) is 25.8 Å². The number of rotatable bonds is 2. The normalized spacial score (nSPS) is 16.1. The number of pyridine rings is 1. The van der Waals surface area contributed by atoms with E-state index in [9.17, 15) is 0 Å². The van der Waals surface area contributed by atoms with E-state index < -0.39 is 0 Å². The fourth-order valence-corrected chi connectivity index (χ4v) is 1.69. The number of hydrogen-bond acceptors (Lipinski definition) is 2. The average molecular weight is 187 g/mol. The Morgan fingerprint density at radius 1 is 1.50 bits per heavy atom. The number of imidazole rings is 1. The molecule has 0 spiro atoms. The molecule has 1 aliphatic carbocycles.